The number of rotatable bonds is 4. The number of para-hydroxylation sites is 2. The van der Waals surface area contributed by atoms with Crippen LogP contribution in [0, 0.1) is 6.92 Å². The van der Waals surface area contributed by atoms with Gasteiger partial charge >= 0.3 is 0 Å². The van der Waals surface area contributed by atoms with Gasteiger partial charge in [0.05, 0.1) is 41.7 Å². The van der Waals surface area contributed by atoms with Crippen LogP contribution in [0.3, 0.4) is 0 Å². The minimum Gasteiger partial charge on any atom is -0.373 e. The Hall–Kier alpha value is -2.83. The lowest BCUT2D eigenvalue weighted by atomic mass is 10.1. The van der Waals surface area contributed by atoms with Crippen LogP contribution in [0.1, 0.15) is 19.4 Å². The average molecular weight is 390 g/mol. The number of fused-ring (bicyclic) bond motifs is 1. The number of carbonyl (C=O) groups is 1. The van der Waals surface area contributed by atoms with Gasteiger partial charge in [0.2, 0.25) is 5.91 Å². The van der Waals surface area contributed by atoms with E-state index in [4.69, 9.17) is 9.72 Å². The summed E-state index contributed by atoms with van der Waals surface area (Å²) in [6.45, 7) is 7.96. The normalized spacial score (nSPS) is 20.0. The number of aromatic nitrogens is 2. The number of benzene rings is 2. The Balaban J connectivity index is 1.51. The number of amides is 1. The van der Waals surface area contributed by atoms with Crippen LogP contribution in [0.15, 0.2) is 48.7 Å². The fraction of sp³-hybridized carbons (Fsp3) is 0.348. The summed E-state index contributed by atoms with van der Waals surface area (Å²) in [6.07, 6.45) is 2.06. The SMILES string of the molecule is Cc1ccc(-c2cnc3ccccc3n2)cc1NC(=O)CN1CC(C)OC(C)C1. The lowest BCUT2D eigenvalue weighted by molar-refractivity contribution is -0.121. The minimum atomic E-state index is -0.0175. The molecule has 2 atom stereocenters. The van der Waals surface area contributed by atoms with Crippen LogP contribution in [-0.4, -0.2) is 52.6 Å². The number of nitrogens with zero attached hydrogens (tertiary/aromatic N) is 3. The molecular weight excluding hydrogens is 364 g/mol. The maximum absolute atomic E-state index is 12.6. The second-order valence-corrected chi connectivity index (χ2v) is 7.77. The van der Waals surface area contributed by atoms with Crippen molar-refractivity contribution in [2.75, 3.05) is 25.0 Å². The lowest BCUT2D eigenvalue weighted by Gasteiger charge is -2.34. The van der Waals surface area contributed by atoms with E-state index >= 15 is 0 Å². The standard InChI is InChI=1S/C23H26N4O2/c1-15-8-9-18(22-11-24-19-6-4-5-7-20(19)25-22)10-21(15)26-23(28)14-27-12-16(2)29-17(3)13-27/h4-11,16-17H,12-14H2,1-3H3,(H,26,28). The van der Waals surface area contributed by atoms with Crippen molar-refractivity contribution < 1.29 is 9.53 Å². The van der Waals surface area contributed by atoms with E-state index in [1.807, 2.05) is 63.2 Å². The number of nitrogens with one attached hydrogen (secondary N) is 1. The molecular formula is C23H26N4O2. The Morgan fingerprint density at radius 1 is 1.14 bits per heavy atom. The van der Waals surface area contributed by atoms with E-state index in [9.17, 15) is 4.79 Å². The van der Waals surface area contributed by atoms with Crippen LogP contribution >= 0.6 is 0 Å². The summed E-state index contributed by atoms with van der Waals surface area (Å²) in [6, 6.07) is 13.8. The molecule has 6 nitrogen and oxygen atoms in total. The van der Waals surface area contributed by atoms with Crippen LogP contribution in [-0.2, 0) is 9.53 Å². The fourth-order valence-electron chi connectivity index (χ4n) is 3.82. The lowest BCUT2D eigenvalue weighted by Crippen LogP contribution is -2.48. The Bertz CT molecular complexity index is 1030. The molecule has 1 aromatic heterocycles. The molecule has 3 aromatic rings. The van der Waals surface area contributed by atoms with Crippen molar-refractivity contribution in [3.63, 3.8) is 0 Å². The van der Waals surface area contributed by atoms with E-state index in [1.165, 1.54) is 0 Å². The van der Waals surface area contributed by atoms with Crippen LogP contribution in [0.25, 0.3) is 22.3 Å². The highest BCUT2D eigenvalue weighted by Gasteiger charge is 2.23. The molecule has 0 aliphatic carbocycles. The molecule has 1 fully saturated rings. The summed E-state index contributed by atoms with van der Waals surface area (Å²) in [5.41, 5.74) is 5.25. The number of anilines is 1. The number of aryl methyl sites for hydroxylation is 1. The molecule has 1 saturated heterocycles. The molecule has 6 heteroatoms. The van der Waals surface area contributed by atoms with Crippen LogP contribution in [0.4, 0.5) is 5.69 Å². The van der Waals surface area contributed by atoms with Crippen molar-refractivity contribution >= 4 is 22.6 Å². The van der Waals surface area contributed by atoms with Gasteiger partial charge in [0.25, 0.3) is 0 Å². The quantitative estimate of drug-likeness (QED) is 0.736. The van der Waals surface area contributed by atoms with Gasteiger partial charge in [-0.1, -0.05) is 24.3 Å². The first kappa shape index (κ1) is 19.5. The van der Waals surface area contributed by atoms with Gasteiger partial charge in [0, 0.05) is 24.3 Å². The Labute approximate surface area is 170 Å². The highest BCUT2D eigenvalue weighted by molar-refractivity contribution is 5.93. The van der Waals surface area contributed by atoms with E-state index in [0.717, 1.165) is 46.6 Å². The Kier molecular flexibility index (Phi) is 5.56. The molecule has 2 aromatic carbocycles. The molecule has 0 radical (unpaired) electrons. The molecule has 1 amide bonds. The van der Waals surface area contributed by atoms with E-state index in [-0.39, 0.29) is 18.1 Å². The molecule has 1 aliphatic rings. The number of morpholine rings is 1. The third-order valence-electron chi connectivity index (χ3n) is 5.12. The second kappa shape index (κ2) is 8.27. The summed E-state index contributed by atoms with van der Waals surface area (Å²) >= 11 is 0. The van der Waals surface area contributed by atoms with Crippen molar-refractivity contribution in [2.45, 2.75) is 33.0 Å². The first-order chi connectivity index (χ1) is 14.0. The summed E-state index contributed by atoms with van der Waals surface area (Å²) in [4.78, 5) is 24.0. The maximum Gasteiger partial charge on any atom is 0.238 e. The minimum absolute atomic E-state index is 0.0175. The van der Waals surface area contributed by atoms with E-state index in [2.05, 4.69) is 15.2 Å². The van der Waals surface area contributed by atoms with E-state index in [0.29, 0.717) is 6.54 Å². The van der Waals surface area contributed by atoms with Crippen LogP contribution in [0.2, 0.25) is 0 Å². The first-order valence-corrected chi connectivity index (χ1v) is 9.98. The molecule has 0 saturated carbocycles. The van der Waals surface area contributed by atoms with Gasteiger partial charge in [-0.15, -0.1) is 0 Å². The Morgan fingerprint density at radius 3 is 2.62 bits per heavy atom. The van der Waals surface area contributed by atoms with Gasteiger partial charge < -0.3 is 10.1 Å². The summed E-state index contributed by atoms with van der Waals surface area (Å²) in [5, 5.41) is 3.06. The smallest absolute Gasteiger partial charge is 0.238 e. The first-order valence-electron chi connectivity index (χ1n) is 9.98. The van der Waals surface area contributed by atoms with Crippen LogP contribution in [0.5, 0.6) is 0 Å². The second-order valence-electron chi connectivity index (χ2n) is 7.77. The molecule has 1 aliphatic heterocycles. The van der Waals surface area contributed by atoms with Crippen molar-refractivity contribution in [3.05, 3.63) is 54.2 Å². The van der Waals surface area contributed by atoms with Gasteiger partial charge in [0.15, 0.2) is 0 Å². The molecule has 29 heavy (non-hydrogen) atoms. The van der Waals surface area contributed by atoms with Crippen molar-refractivity contribution in [2.24, 2.45) is 0 Å². The highest BCUT2D eigenvalue weighted by Crippen LogP contribution is 2.25. The topological polar surface area (TPSA) is 67.4 Å². The largest absolute Gasteiger partial charge is 0.373 e. The van der Waals surface area contributed by atoms with Crippen molar-refractivity contribution in [1.29, 1.82) is 0 Å². The summed E-state index contributed by atoms with van der Waals surface area (Å²) in [7, 11) is 0. The number of hydrogen-bond acceptors (Lipinski definition) is 5. The molecule has 0 bridgehead atoms. The molecule has 1 N–H and O–H groups in total. The third kappa shape index (κ3) is 4.60. The fourth-order valence-corrected chi connectivity index (χ4v) is 3.82. The predicted octanol–water partition coefficient (Wildman–Crippen LogP) is 3.65. The molecule has 150 valence electrons. The zero-order valence-corrected chi connectivity index (χ0v) is 17.1. The summed E-state index contributed by atoms with van der Waals surface area (Å²) in [5.74, 6) is -0.0175. The monoisotopic (exact) mass is 390 g/mol. The predicted molar refractivity (Wildman–Crippen MR) is 115 cm³/mol. The number of hydrogen-bond donors (Lipinski definition) is 1. The molecule has 4 rings (SSSR count). The Morgan fingerprint density at radius 2 is 1.86 bits per heavy atom. The van der Waals surface area contributed by atoms with E-state index in [1.54, 1.807) is 6.20 Å². The van der Waals surface area contributed by atoms with Gasteiger partial charge in [-0.05, 0) is 44.5 Å². The zero-order chi connectivity index (χ0) is 20.4. The van der Waals surface area contributed by atoms with Gasteiger partial charge in [-0.25, -0.2) is 4.98 Å². The molecule has 2 unspecified atom stereocenters. The van der Waals surface area contributed by atoms with Gasteiger partial charge in [-0.2, -0.15) is 0 Å². The number of carbonyl (C=O) groups excluding carboxylic acids is 1. The van der Waals surface area contributed by atoms with Crippen molar-refractivity contribution in [1.82, 2.24) is 14.9 Å². The zero-order valence-electron chi connectivity index (χ0n) is 17.1. The molecule has 0 spiro atoms. The number of ether oxygens (including phenoxy) is 1. The third-order valence-corrected chi connectivity index (χ3v) is 5.12. The van der Waals surface area contributed by atoms with Crippen LogP contribution < -0.4 is 5.32 Å². The average Bonchev–Trinajstić information content (AvgIpc) is 2.68. The molecule has 2 heterocycles. The van der Waals surface area contributed by atoms with E-state index < -0.39 is 0 Å². The maximum atomic E-state index is 12.6. The van der Waals surface area contributed by atoms with Crippen molar-refractivity contribution in [3.8, 4) is 11.3 Å². The highest BCUT2D eigenvalue weighted by atomic mass is 16.5. The van der Waals surface area contributed by atoms with Gasteiger partial charge in [-0.3, -0.25) is 14.7 Å². The van der Waals surface area contributed by atoms with Gasteiger partial charge in [0.1, 0.15) is 0 Å². The summed E-state index contributed by atoms with van der Waals surface area (Å²) < 4.78 is 5.74.